The van der Waals surface area contributed by atoms with Crippen LogP contribution in [0.1, 0.15) is 23.7 Å². The highest BCUT2D eigenvalue weighted by atomic mass is 16.4. The van der Waals surface area contributed by atoms with Gasteiger partial charge in [-0.25, -0.2) is 0 Å². The first-order valence-corrected chi connectivity index (χ1v) is 7.90. The predicted octanol–water partition coefficient (Wildman–Crippen LogP) is 1.81. The summed E-state index contributed by atoms with van der Waals surface area (Å²) in [6, 6.07) is 8.14. The maximum Gasteiger partial charge on any atom is 0.325 e. The Kier molecular flexibility index (Phi) is 4.51. The SMILES string of the molecule is CC1CC1C(=O)Nc1cccc(C(=O)Nc2ccn(CC(=O)O)n2)c1. The topological polar surface area (TPSA) is 113 Å². The first-order chi connectivity index (χ1) is 11.9. The molecule has 1 aromatic carbocycles. The lowest BCUT2D eigenvalue weighted by atomic mass is 10.2. The van der Waals surface area contributed by atoms with E-state index in [1.165, 1.54) is 16.9 Å². The van der Waals surface area contributed by atoms with Crippen LogP contribution in [0.5, 0.6) is 0 Å². The fraction of sp³-hybridized carbons (Fsp3) is 0.294. The Hall–Kier alpha value is -3.16. The Balaban J connectivity index is 1.63. The molecule has 0 aliphatic heterocycles. The van der Waals surface area contributed by atoms with Crippen LogP contribution in [0.25, 0.3) is 0 Å². The molecule has 3 rings (SSSR count). The van der Waals surface area contributed by atoms with Crippen molar-refractivity contribution in [2.24, 2.45) is 11.8 Å². The number of nitrogens with zero attached hydrogens (tertiary/aromatic N) is 2. The number of carbonyl (C=O) groups is 3. The minimum absolute atomic E-state index is 0.0301. The quantitative estimate of drug-likeness (QED) is 0.741. The van der Waals surface area contributed by atoms with Crippen molar-refractivity contribution >= 4 is 29.3 Å². The predicted molar refractivity (Wildman–Crippen MR) is 90.2 cm³/mol. The van der Waals surface area contributed by atoms with Gasteiger partial charge in [-0.15, -0.1) is 0 Å². The first kappa shape index (κ1) is 16.7. The number of hydrogen-bond acceptors (Lipinski definition) is 4. The van der Waals surface area contributed by atoms with Crippen LogP contribution < -0.4 is 10.6 Å². The Labute approximate surface area is 143 Å². The number of aliphatic carboxylic acids is 1. The zero-order chi connectivity index (χ0) is 18.0. The Morgan fingerprint density at radius 3 is 2.72 bits per heavy atom. The summed E-state index contributed by atoms with van der Waals surface area (Å²) in [5, 5.41) is 18.1. The van der Waals surface area contributed by atoms with Crippen molar-refractivity contribution in [3.63, 3.8) is 0 Å². The maximum absolute atomic E-state index is 12.3. The fourth-order valence-electron chi connectivity index (χ4n) is 2.50. The van der Waals surface area contributed by atoms with E-state index in [1.54, 1.807) is 24.3 Å². The summed E-state index contributed by atoms with van der Waals surface area (Å²) < 4.78 is 1.21. The van der Waals surface area contributed by atoms with Crippen LogP contribution >= 0.6 is 0 Å². The minimum Gasteiger partial charge on any atom is -0.480 e. The molecule has 3 N–H and O–H groups in total. The van der Waals surface area contributed by atoms with Crippen molar-refractivity contribution in [1.82, 2.24) is 9.78 Å². The molecule has 1 fully saturated rings. The molecule has 1 aliphatic carbocycles. The lowest BCUT2D eigenvalue weighted by Crippen LogP contribution is -2.16. The van der Waals surface area contributed by atoms with Crippen molar-refractivity contribution in [2.45, 2.75) is 19.9 Å². The van der Waals surface area contributed by atoms with Gasteiger partial charge < -0.3 is 15.7 Å². The molecule has 130 valence electrons. The average Bonchev–Trinajstić information content (AvgIpc) is 3.14. The molecule has 1 aromatic heterocycles. The van der Waals surface area contributed by atoms with Gasteiger partial charge in [0.1, 0.15) is 6.54 Å². The van der Waals surface area contributed by atoms with Gasteiger partial charge in [-0.05, 0) is 30.5 Å². The number of carboxylic acid groups (broad SMARTS) is 1. The molecule has 0 saturated heterocycles. The molecule has 1 aliphatic rings. The zero-order valence-electron chi connectivity index (χ0n) is 13.6. The molecule has 2 aromatic rings. The lowest BCUT2D eigenvalue weighted by molar-refractivity contribution is -0.137. The third-order valence-electron chi connectivity index (χ3n) is 4.02. The lowest BCUT2D eigenvalue weighted by Gasteiger charge is -2.07. The van der Waals surface area contributed by atoms with E-state index in [0.717, 1.165) is 6.42 Å². The van der Waals surface area contributed by atoms with E-state index in [2.05, 4.69) is 15.7 Å². The van der Waals surface area contributed by atoms with Crippen molar-refractivity contribution in [1.29, 1.82) is 0 Å². The molecular formula is C17H18N4O4. The maximum atomic E-state index is 12.3. The van der Waals surface area contributed by atoms with Gasteiger partial charge in [-0.3, -0.25) is 19.1 Å². The standard InChI is InChI=1S/C17H18N4O4/c1-10-7-13(10)17(25)18-12-4-2-3-11(8-12)16(24)19-14-5-6-21(20-14)9-15(22)23/h2-6,8,10,13H,7,9H2,1H3,(H,18,25)(H,22,23)(H,19,20,24). The number of carboxylic acids is 1. The van der Waals surface area contributed by atoms with Crippen LogP contribution in [-0.4, -0.2) is 32.7 Å². The van der Waals surface area contributed by atoms with Gasteiger partial charge in [0.15, 0.2) is 5.82 Å². The first-order valence-electron chi connectivity index (χ1n) is 7.90. The van der Waals surface area contributed by atoms with Gasteiger partial charge in [-0.1, -0.05) is 13.0 Å². The molecule has 0 spiro atoms. The van der Waals surface area contributed by atoms with Gasteiger partial charge >= 0.3 is 5.97 Å². The molecular weight excluding hydrogens is 324 g/mol. The molecule has 1 heterocycles. The van der Waals surface area contributed by atoms with Crippen LogP contribution in [-0.2, 0) is 16.1 Å². The molecule has 25 heavy (non-hydrogen) atoms. The highest BCUT2D eigenvalue weighted by molar-refractivity contribution is 6.05. The number of amides is 2. The van der Waals surface area contributed by atoms with Crippen LogP contribution in [0.15, 0.2) is 36.5 Å². The molecule has 0 radical (unpaired) electrons. The monoisotopic (exact) mass is 342 g/mol. The van der Waals surface area contributed by atoms with E-state index >= 15 is 0 Å². The van der Waals surface area contributed by atoms with Crippen molar-refractivity contribution in [3.8, 4) is 0 Å². The Morgan fingerprint density at radius 2 is 2.04 bits per heavy atom. The van der Waals surface area contributed by atoms with Gasteiger partial charge in [-0.2, -0.15) is 5.10 Å². The number of nitrogens with one attached hydrogen (secondary N) is 2. The largest absolute Gasteiger partial charge is 0.480 e. The molecule has 1 saturated carbocycles. The van der Waals surface area contributed by atoms with E-state index in [0.29, 0.717) is 17.2 Å². The van der Waals surface area contributed by atoms with Crippen LogP contribution in [0, 0.1) is 11.8 Å². The second kappa shape index (κ2) is 6.76. The summed E-state index contributed by atoms with van der Waals surface area (Å²) in [6.07, 6.45) is 2.36. The molecule has 8 nitrogen and oxygen atoms in total. The summed E-state index contributed by atoms with van der Waals surface area (Å²) in [5.74, 6) is -0.723. The minimum atomic E-state index is -1.02. The van der Waals surface area contributed by atoms with E-state index in [1.807, 2.05) is 6.92 Å². The molecule has 0 bridgehead atoms. The number of benzene rings is 1. The van der Waals surface area contributed by atoms with E-state index in [4.69, 9.17) is 5.11 Å². The van der Waals surface area contributed by atoms with Crippen LogP contribution in [0.2, 0.25) is 0 Å². The molecule has 2 atom stereocenters. The Morgan fingerprint density at radius 1 is 1.28 bits per heavy atom. The Bertz CT molecular complexity index is 830. The van der Waals surface area contributed by atoms with Crippen LogP contribution in [0.4, 0.5) is 11.5 Å². The third-order valence-corrected chi connectivity index (χ3v) is 4.02. The van der Waals surface area contributed by atoms with Crippen molar-refractivity contribution < 1.29 is 19.5 Å². The van der Waals surface area contributed by atoms with Gasteiger partial charge in [0.25, 0.3) is 5.91 Å². The molecule has 8 heteroatoms. The number of carbonyl (C=O) groups excluding carboxylic acids is 2. The molecule has 2 amide bonds. The van der Waals surface area contributed by atoms with Gasteiger partial charge in [0, 0.05) is 29.4 Å². The number of aromatic nitrogens is 2. The summed E-state index contributed by atoms with van der Waals surface area (Å²) in [7, 11) is 0. The van der Waals surface area contributed by atoms with E-state index in [-0.39, 0.29) is 24.2 Å². The van der Waals surface area contributed by atoms with E-state index < -0.39 is 11.9 Å². The highest BCUT2D eigenvalue weighted by Crippen LogP contribution is 2.38. The van der Waals surface area contributed by atoms with Gasteiger partial charge in [0.2, 0.25) is 5.91 Å². The van der Waals surface area contributed by atoms with Crippen LogP contribution in [0.3, 0.4) is 0 Å². The summed E-state index contributed by atoms with van der Waals surface area (Å²) in [5.41, 5.74) is 0.933. The van der Waals surface area contributed by atoms with Gasteiger partial charge in [0.05, 0.1) is 0 Å². The number of rotatable bonds is 6. The zero-order valence-corrected chi connectivity index (χ0v) is 13.6. The molecule has 2 unspecified atom stereocenters. The summed E-state index contributed by atoms with van der Waals surface area (Å²) in [6.45, 7) is 1.74. The summed E-state index contributed by atoms with van der Waals surface area (Å²) in [4.78, 5) is 34.9. The third kappa shape index (κ3) is 4.23. The highest BCUT2D eigenvalue weighted by Gasteiger charge is 2.39. The summed E-state index contributed by atoms with van der Waals surface area (Å²) >= 11 is 0. The van der Waals surface area contributed by atoms with E-state index in [9.17, 15) is 14.4 Å². The second-order valence-electron chi connectivity index (χ2n) is 6.14. The number of anilines is 2. The van der Waals surface area contributed by atoms with Crippen molar-refractivity contribution in [2.75, 3.05) is 10.6 Å². The second-order valence-corrected chi connectivity index (χ2v) is 6.14. The smallest absolute Gasteiger partial charge is 0.325 e. The normalized spacial score (nSPS) is 18.4. The average molecular weight is 342 g/mol. The number of hydrogen-bond donors (Lipinski definition) is 3. The van der Waals surface area contributed by atoms with Crippen molar-refractivity contribution in [3.05, 3.63) is 42.1 Å². The fourth-order valence-corrected chi connectivity index (χ4v) is 2.50.